The van der Waals surface area contributed by atoms with Crippen LogP contribution in [-0.2, 0) is 25.7 Å². The summed E-state index contributed by atoms with van der Waals surface area (Å²) in [6.07, 6.45) is 25.2. The van der Waals surface area contributed by atoms with Gasteiger partial charge in [-0.2, -0.15) is 0 Å². The molecule has 1 heterocycles. The van der Waals surface area contributed by atoms with Gasteiger partial charge >= 0.3 is 6.09 Å². The van der Waals surface area contributed by atoms with E-state index in [0.717, 1.165) is 38.5 Å². The Bertz CT molecular complexity index is 1210. The first kappa shape index (κ1) is 52.6. The maximum absolute atomic E-state index is 14.2. The first-order valence-electron chi connectivity index (χ1n) is 23.9. The van der Waals surface area contributed by atoms with E-state index in [2.05, 4.69) is 13.8 Å². The third-order valence-corrected chi connectivity index (χ3v) is 11.9. The smallest absolute Gasteiger partial charge is 0.417 e. The summed E-state index contributed by atoms with van der Waals surface area (Å²) in [6.45, 7) is 3.39. The quantitative estimate of drug-likeness (QED) is 0.0488. The van der Waals surface area contributed by atoms with E-state index in [1.165, 1.54) is 127 Å². The highest BCUT2D eigenvalue weighted by atomic mass is 16.6. The summed E-state index contributed by atoms with van der Waals surface area (Å²) in [4.78, 5) is 43.5. The minimum absolute atomic E-state index is 0.148. The molecule has 1 aromatic rings. The topological polar surface area (TPSA) is 163 Å². The van der Waals surface area contributed by atoms with Gasteiger partial charge in [0.25, 0.3) is 0 Å². The highest BCUT2D eigenvalue weighted by molar-refractivity contribution is 5.93. The van der Waals surface area contributed by atoms with Crippen LogP contribution in [0.1, 0.15) is 199 Å². The number of carbonyl (C=O) groups is 3. The Labute approximate surface area is 358 Å². The number of aliphatic hydroxyl groups is 3. The average Bonchev–Trinajstić information content (AvgIpc) is 3.25. The van der Waals surface area contributed by atoms with Crippen LogP contribution in [0.4, 0.5) is 4.79 Å². The molecule has 0 bridgehead atoms. The third kappa shape index (κ3) is 21.7. The number of hydrogen-bond donors (Lipinski definition) is 4. The van der Waals surface area contributed by atoms with Gasteiger partial charge in [-0.3, -0.25) is 9.59 Å². The van der Waals surface area contributed by atoms with E-state index in [4.69, 9.17) is 15.2 Å². The molecule has 59 heavy (non-hydrogen) atoms. The lowest BCUT2D eigenvalue weighted by molar-refractivity contribution is -0.244. The molecule has 1 saturated heterocycles. The Morgan fingerprint density at radius 1 is 0.627 bits per heavy atom. The fourth-order valence-electron chi connectivity index (χ4n) is 8.20. The zero-order chi connectivity index (χ0) is 42.9. The molecule has 2 rings (SSSR count). The van der Waals surface area contributed by atoms with Crippen LogP contribution >= 0.6 is 0 Å². The van der Waals surface area contributed by atoms with Crippen molar-refractivity contribution in [2.24, 2.45) is 5.73 Å². The van der Waals surface area contributed by atoms with Crippen molar-refractivity contribution in [1.29, 1.82) is 0 Å². The van der Waals surface area contributed by atoms with E-state index in [1.807, 2.05) is 6.07 Å². The van der Waals surface area contributed by atoms with Crippen LogP contribution in [-0.4, -0.2) is 93.3 Å². The molecule has 0 spiro atoms. The van der Waals surface area contributed by atoms with Crippen molar-refractivity contribution in [3.63, 3.8) is 0 Å². The monoisotopic (exact) mass is 832 g/mol. The minimum atomic E-state index is -1.74. The Hall–Kier alpha value is -2.57. The molecule has 0 radical (unpaired) electrons. The standard InChI is InChI=1S/C48H85N3O8/c1-3-5-7-9-11-13-15-17-18-19-20-22-24-26-31-35-42(53)50(36-32-27-25-23-21-16-14-12-10-8-6-4-2)47-44(46(56)45(55)41(38-52)59-47)51(43(54)37-49)48(57)58-39-40-33-29-28-30-34-40/h28-30,33-34,41,44-47,52,55-56H,3-27,31-32,35-39,49H2,1-2H3/t41-,44-,45+,46-,47-/m1/s1. The number of aliphatic hydroxyl groups excluding tert-OH is 3. The van der Waals surface area contributed by atoms with Crippen LogP contribution in [0.2, 0.25) is 0 Å². The maximum Gasteiger partial charge on any atom is 0.417 e. The maximum atomic E-state index is 14.2. The number of benzene rings is 1. The number of amides is 3. The fourth-order valence-corrected chi connectivity index (χ4v) is 8.20. The van der Waals surface area contributed by atoms with E-state index in [0.29, 0.717) is 23.3 Å². The van der Waals surface area contributed by atoms with Crippen LogP contribution in [0.15, 0.2) is 30.3 Å². The van der Waals surface area contributed by atoms with Crippen LogP contribution in [0.5, 0.6) is 0 Å². The van der Waals surface area contributed by atoms with Gasteiger partial charge in [-0.1, -0.05) is 205 Å². The van der Waals surface area contributed by atoms with Gasteiger partial charge in [0.15, 0.2) is 6.23 Å². The lowest BCUT2D eigenvalue weighted by Gasteiger charge is -2.49. The summed E-state index contributed by atoms with van der Waals surface area (Å²) in [5, 5.41) is 32.7. The van der Waals surface area contributed by atoms with Crippen LogP contribution < -0.4 is 5.73 Å². The highest BCUT2D eigenvalue weighted by Gasteiger charge is 2.53. The Morgan fingerprint density at radius 3 is 1.51 bits per heavy atom. The number of carbonyl (C=O) groups excluding carboxylic acids is 3. The van der Waals surface area contributed by atoms with Crippen molar-refractivity contribution in [2.45, 2.75) is 231 Å². The third-order valence-electron chi connectivity index (χ3n) is 11.9. The lowest BCUT2D eigenvalue weighted by atomic mass is 9.93. The molecule has 11 nitrogen and oxygen atoms in total. The van der Waals surface area contributed by atoms with Crippen LogP contribution in [0.3, 0.4) is 0 Å². The highest BCUT2D eigenvalue weighted by Crippen LogP contribution is 2.30. The SMILES string of the molecule is CCCCCCCCCCCCCCCCCC(=O)N(CCCCCCCCCCCCCC)[C@@H]1O[C@H](CO)[C@H](O)[C@H](O)[C@H]1N(C(=O)CN)C(=O)OCc1ccccc1. The molecule has 1 aromatic carbocycles. The average molecular weight is 832 g/mol. The Morgan fingerprint density at radius 2 is 1.07 bits per heavy atom. The summed E-state index contributed by atoms with van der Waals surface area (Å²) in [5.74, 6) is -1.08. The van der Waals surface area contributed by atoms with E-state index in [-0.39, 0.29) is 25.5 Å². The molecule has 1 aliphatic heterocycles. The summed E-state index contributed by atoms with van der Waals surface area (Å²) in [6, 6.07) is 7.44. The largest absolute Gasteiger partial charge is 0.444 e. The first-order chi connectivity index (χ1) is 28.8. The summed E-state index contributed by atoms with van der Waals surface area (Å²) < 4.78 is 11.7. The molecule has 1 fully saturated rings. The minimum Gasteiger partial charge on any atom is -0.444 e. The second-order valence-electron chi connectivity index (χ2n) is 16.9. The van der Waals surface area contributed by atoms with Gasteiger partial charge in [-0.15, -0.1) is 0 Å². The van der Waals surface area contributed by atoms with Crippen molar-refractivity contribution in [3.05, 3.63) is 35.9 Å². The first-order valence-corrected chi connectivity index (χ1v) is 23.9. The number of nitrogens with zero attached hydrogens (tertiary/aromatic N) is 2. The fraction of sp³-hybridized carbons (Fsp3) is 0.812. The lowest BCUT2D eigenvalue weighted by Crippen LogP contribution is -2.70. The van der Waals surface area contributed by atoms with E-state index < -0.39 is 55.7 Å². The number of rotatable bonds is 35. The zero-order valence-corrected chi connectivity index (χ0v) is 37.3. The van der Waals surface area contributed by atoms with E-state index in [1.54, 1.807) is 24.3 Å². The number of hydrogen-bond acceptors (Lipinski definition) is 9. The molecule has 5 atom stereocenters. The van der Waals surface area contributed by atoms with Crippen molar-refractivity contribution in [1.82, 2.24) is 9.80 Å². The predicted molar refractivity (Wildman–Crippen MR) is 236 cm³/mol. The Kier molecular flexibility index (Phi) is 30.4. The Balaban J connectivity index is 2.07. The normalized spacial score (nSPS) is 19.1. The van der Waals surface area contributed by atoms with Gasteiger partial charge in [0, 0.05) is 13.0 Å². The van der Waals surface area contributed by atoms with Crippen molar-refractivity contribution in [3.8, 4) is 0 Å². The van der Waals surface area contributed by atoms with Gasteiger partial charge in [-0.05, 0) is 18.4 Å². The predicted octanol–water partition coefficient (Wildman–Crippen LogP) is 9.71. The van der Waals surface area contributed by atoms with Crippen molar-refractivity contribution in [2.75, 3.05) is 19.7 Å². The van der Waals surface area contributed by atoms with Gasteiger partial charge in [-0.25, -0.2) is 9.69 Å². The molecule has 1 aliphatic rings. The summed E-state index contributed by atoms with van der Waals surface area (Å²) in [7, 11) is 0. The number of imide groups is 1. The van der Waals surface area contributed by atoms with Crippen LogP contribution in [0, 0.1) is 0 Å². The van der Waals surface area contributed by atoms with E-state index in [9.17, 15) is 29.7 Å². The van der Waals surface area contributed by atoms with Crippen molar-refractivity contribution >= 4 is 17.9 Å². The van der Waals surface area contributed by atoms with E-state index >= 15 is 0 Å². The molecule has 11 heteroatoms. The second-order valence-corrected chi connectivity index (χ2v) is 16.9. The molecular formula is C48H85N3O8. The molecule has 340 valence electrons. The summed E-state index contributed by atoms with van der Waals surface area (Å²) in [5.41, 5.74) is 6.48. The molecule has 0 aromatic heterocycles. The van der Waals surface area contributed by atoms with Crippen LogP contribution in [0.25, 0.3) is 0 Å². The molecule has 0 aliphatic carbocycles. The number of unbranched alkanes of at least 4 members (excludes halogenated alkanes) is 25. The molecule has 0 unspecified atom stereocenters. The molecule has 0 saturated carbocycles. The molecule has 5 N–H and O–H groups in total. The number of ether oxygens (including phenoxy) is 2. The van der Waals surface area contributed by atoms with Gasteiger partial charge < -0.3 is 35.4 Å². The molecule has 3 amide bonds. The van der Waals surface area contributed by atoms with Gasteiger partial charge in [0.2, 0.25) is 11.8 Å². The van der Waals surface area contributed by atoms with Gasteiger partial charge in [0.1, 0.15) is 31.0 Å². The van der Waals surface area contributed by atoms with Gasteiger partial charge in [0.05, 0.1) is 13.2 Å². The zero-order valence-electron chi connectivity index (χ0n) is 37.3. The van der Waals surface area contributed by atoms with Crippen molar-refractivity contribution < 1.29 is 39.2 Å². The second kappa shape index (κ2) is 34.1. The molecular weight excluding hydrogens is 747 g/mol. The summed E-state index contributed by atoms with van der Waals surface area (Å²) >= 11 is 0. The number of nitrogens with two attached hydrogens (primary N) is 1.